The molecule has 158 valence electrons. The highest BCUT2D eigenvalue weighted by molar-refractivity contribution is 6.08. The number of para-hydroxylation sites is 1. The predicted octanol–water partition coefficient (Wildman–Crippen LogP) is 2.20. The number of hydrogen-bond donors (Lipinski definition) is 0. The van der Waals surface area contributed by atoms with Gasteiger partial charge in [-0.25, -0.2) is 4.68 Å². The maximum atomic E-state index is 13.6. The number of aromatic nitrogens is 3. The summed E-state index contributed by atoms with van der Waals surface area (Å²) in [6.45, 7) is 4.40. The van der Waals surface area contributed by atoms with Crippen LogP contribution in [0, 0.1) is 0 Å². The highest BCUT2D eigenvalue weighted by atomic mass is 16.7. The lowest BCUT2D eigenvalue weighted by Gasteiger charge is -2.39. The van der Waals surface area contributed by atoms with Crippen LogP contribution in [0.2, 0.25) is 0 Å². The molecular formula is C22H26N4O4. The first kappa shape index (κ1) is 19.3. The Morgan fingerprint density at radius 3 is 2.57 bits per heavy atom. The van der Waals surface area contributed by atoms with Crippen molar-refractivity contribution in [1.29, 1.82) is 0 Å². The highest BCUT2D eigenvalue weighted by Gasteiger charge is 2.42. The molecule has 0 unspecified atom stereocenters. The van der Waals surface area contributed by atoms with Gasteiger partial charge >= 0.3 is 0 Å². The van der Waals surface area contributed by atoms with Crippen molar-refractivity contribution in [3.8, 4) is 0 Å². The first-order valence-electron chi connectivity index (χ1n) is 10.6. The zero-order valence-electron chi connectivity index (χ0n) is 17.3. The number of benzene rings is 1. The average molecular weight is 410 g/mol. The minimum absolute atomic E-state index is 0.0341. The molecule has 2 aromatic heterocycles. The van der Waals surface area contributed by atoms with Crippen LogP contribution in [0.25, 0.3) is 21.8 Å². The molecule has 1 amide bonds. The van der Waals surface area contributed by atoms with Crippen LogP contribution in [0.5, 0.6) is 0 Å². The highest BCUT2D eigenvalue weighted by Crippen LogP contribution is 2.35. The summed E-state index contributed by atoms with van der Waals surface area (Å²) < 4.78 is 14.8. The maximum Gasteiger partial charge on any atom is 0.291 e. The summed E-state index contributed by atoms with van der Waals surface area (Å²) in [5.74, 6) is -0.487. The molecule has 1 atom stereocenters. The topological polar surface area (TPSA) is 78.6 Å². The Morgan fingerprint density at radius 2 is 1.87 bits per heavy atom. The van der Waals surface area contributed by atoms with E-state index in [-0.39, 0.29) is 11.5 Å². The molecule has 30 heavy (non-hydrogen) atoms. The molecule has 4 heterocycles. The zero-order valence-corrected chi connectivity index (χ0v) is 17.3. The van der Waals surface area contributed by atoms with E-state index in [4.69, 9.17) is 9.47 Å². The number of amides is 1. The van der Waals surface area contributed by atoms with Crippen LogP contribution in [-0.4, -0.2) is 57.2 Å². The van der Waals surface area contributed by atoms with Crippen molar-refractivity contribution in [1.82, 2.24) is 19.2 Å². The second-order valence-corrected chi connectivity index (χ2v) is 8.08. The van der Waals surface area contributed by atoms with E-state index in [1.807, 2.05) is 40.7 Å². The third kappa shape index (κ3) is 2.86. The second kappa shape index (κ2) is 7.21. The van der Waals surface area contributed by atoms with Crippen LogP contribution in [0.1, 0.15) is 32.2 Å². The lowest BCUT2D eigenvalue weighted by atomic mass is 10.0. The van der Waals surface area contributed by atoms with Gasteiger partial charge in [0.2, 0.25) is 5.91 Å². The molecule has 2 aliphatic rings. The monoisotopic (exact) mass is 410 g/mol. The Morgan fingerprint density at radius 1 is 1.17 bits per heavy atom. The first-order chi connectivity index (χ1) is 14.5. The van der Waals surface area contributed by atoms with Crippen molar-refractivity contribution in [2.24, 2.45) is 7.05 Å². The fourth-order valence-corrected chi connectivity index (χ4v) is 4.84. The van der Waals surface area contributed by atoms with E-state index in [0.717, 1.165) is 16.3 Å². The summed E-state index contributed by atoms with van der Waals surface area (Å²) in [5.41, 5.74) is 1.22. The molecule has 3 aromatic rings. The van der Waals surface area contributed by atoms with E-state index in [1.165, 1.54) is 4.68 Å². The van der Waals surface area contributed by atoms with Gasteiger partial charge in [0.1, 0.15) is 11.6 Å². The van der Waals surface area contributed by atoms with Crippen LogP contribution in [0.15, 0.2) is 35.3 Å². The number of ether oxygens (including phenoxy) is 2. The second-order valence-electron chi connectivity index (χ2n) is 8.08. The van der Waals surface area contributed by atoms with Crippen molar-refractivity contribution in [3.05, 3.63) is 40.8 Å². The van der Waals surface area contributed by atoms with E-state index in [9.17, 15) is 9.59 Å². The predicted molar refractivity (Wildman–Crippen MR) is 112 cm³/mol. The normalized spacial score (nSPS) is 19.7. The number of nitrogens with zero attached hydrogens (tertiary/aromatic N) is 4. The molecule has 2 aliphatic heterocycles. The molecule has 8 heteroatoms. The Balaban J connectivity index is 1.57. The number of carbonyl (C=O) groups excluding carboxylic acids is 1. The van der Waals surface area contributed by atoms with E-state index in [1.54, 1.807) is 13.2 Å². The van der Waals surface area contributed by atoms with E-state index >= 15 is 0 Å². The number of carbonyl (C=O) groups is 1. The smallest absolute Gasteiger partial charge is 0.291 e. The largest absolute Gasteiger partial charge is 0.347 e. The molecule has 1 spiro atoms. The number of likely N-dealkylation sites (tertiary alicyclic amines) is 1. The molecule has 0 aliphatic carbocycles. The molecule has 0 radical (unpaired) electrons. The summed E-state index contributed by atoms with van der Waals surface area (Å²) >= 11 is 0. The maximum absolute atomic E-state index is 13.6. The van der Waals surface area contributed by atoms with Crippen LogP contribution in [0.3, 0.4) is 0 Å². The van der Waals surface area contributed by atoms with E-state index < -0.39 is 11.8 Å². The van der Waals surface area contributed by atoms with Gasteiger partial charge in [0, 0.05) is 43.8 Å². The van der Waals surface area contributed by atoms with Crippen LogP contribution >= 0.6 is 0 Å². The summed E-state index contributed by atoms with van der Waals surface area (Å²) in [7, 11) is 1.64. The summed E-state index contributed by atoms with van der Waals surface area (Å²) in [6.07, 6.45) is 3.65. The average Bonchev–Trinajstić information content (AvgIpc) is 3.35. The Hall–Kier alpha value is -2.71. The van der Waals surface area contributed by atoms with Gasteiger partial charge in [-0.3, -0.25) is 9.59 Å². The number of aryl methyl sites for hydroxylation is 1. The Kier molecular flexibility index (Phi) is 4.63. The van der Waals surface area contributed by atoms with Gasteiger partial charge < -0.3 is 18.9 Å². The molecule has 8 nitrogen and oxygen atoms in total. The molecular weight excluding hydrogens is 384 g/mol. The van der Waals surface area contributed by atoms with Crippen molar-refractivity contribution in [3.63, 3.8) is 0 Å². The third-order valence-electron chi connectivity index (χ3n) is 6.44. The van der Waals surface area contributed by atoms with E-state index in [0.29, 0.717) is 51.1 Å². The number of piperidine rings is 1. The number of hydrogen-bond acceptors (Lipinski definition) is 5. The van der Waals surface area contributed by atoms with Crippen molar-refractivity contribution in [2.45, 2.75) is 38.0 Å². The summed E-state index contributed by atoms with van der Waals surface area (Å²) in [6, 6.07) is 7.37. The molecule has 0 N–H and O–H groups in total. The van der Waals surface area contributed by atoms with Gasteiger partial charge in [-0.1, -0.05) is 25.1 Å². The number of rotatable bonds is 3. The zero-order chi connectivity index (χ0) is 20.9. The summed E-state index contributed by atoms with van der Waals surface area (Å²) in [4.78, 5) is 28.5. The minimum Gasteiger partial charge on any atom is -0.347 e. The quantitative estimate of drug-likeness (QED) is 0.662. The lowest BCUT2D eigenvalue weighted by Crippen LogP contribution is -2.49. The Labute approximate surface area is 174 Å². The van der Waals surface area contributed by atoms with Gasteiger partial charge in [0.25, 0.3) is 5.56 Å². The van der Waals surface area contributed by atoms with Gasteiger partial charge in [-0.05, 0) is 12.5 Å². The minimum atomic E-state index is -0.521. The molecule has 2 saturated heterocycles. The molecule has 0 saturated carbocycles. The molecule has 1 aromatic carbocycles. The standard InChI is InChI=1S/C22H26N4O4/c1-3-17(20(27)25-10-8-22(9-11-25)29-12-13-30-22)26-18-7-5-4-6-15(18)16-14-23-24(2)21(28)19(16)26/h4-7,14,17H,3,8-13H2,1-2H3/t17-/m0/s1. The van der Waals surface area contributed by atoms with Crippen LogP contribution in [0.4, 0.5) is 0 Å². The SMILES string of the molecule is CC[C@@H](C(=O)N1CCC2(CC1)OCCO2)n1c2ccccc2c2cnn(C)c(=O)c21. The molecule has 5 rings (SSSR count). The Bertz CT molecular complexity index is 1170. The van der Waals surface area contributed by atoms with Crippen molar-refractivity contribution < 1.29 is 14.3 Å². The summed E-state index contributed by atoms with van der Waals surface area (Å²) in [5, 5.41) is 5.92. The van der Waals surface area contributed by atoms with Crippen LogP contribution in [-0.2, 0) is 21.3 Å². The van der Waals surface area contributed by atoms with Crippen LogP contribution < -0.4 is 5.56 Å². The molecule has 2 fully saturated rings. The fraction of sp³-hybridized carbons (Fsp3) is 0.500. The number of fused-ring (bicyclic) bond motifs is 3. The first-order valence-corrected chi connectivity index (χ1v) is 10.6. The van der Waals surface area contributed by atoms with Gasteiger partial charge in [-0.2, -0.15) is 5.10 Å². The molecule has 0 bridgehead atoms. The lowest BCUT2D eigenvalue weighted by molar-refractivity contribution is -0.188. The van der Waals surface area contributed by atoms with Crippen molar-refractivity contribution >= 4 is 27.7 Å². The fourth-order valence-electron chi connectivity index (χ4n) is 4.84. The van der Waals surface area contributed by atoms with E-state index in [2.05, 4.69) is 5.10 Å². The van der Waals surface area contributed by atoms with Crippen molar-refractivity contribution in [2.75, 3.05) is 26.3 Å². The van der Waals surface area contributed by atoms with Gasteiger partial charge in [-0.15, -0.1) is 0 Å². The third-order valence-corrected chi connectivity index (χ3v) is 6.44. The van der Waals surface area contributed by atoms with Gasteiger partial charge in [0.15, 0.2) is 5.79 Å². The van der Waals surface area contributed by atoms with Gasteiger partial charge in [0.05, 0.1) is 24.9 Å².